The fourth-order valence-corrected chi connectivity index (χ4v) is 2.22. The normalized spacial score (nSPS) is 14.4. The third-order valence-electron chi connectivity index (χ3n) is 2.95. The van der Waals surface area contributed by atoms with Crippen molar-refractivity contribution >= 4 is 10.9 Å². The Kier molecular flexibility index (Phi) is 1.57. The van der Waals surface area contributed by atoms with Gasteiger partial charge in [-0.2, -0.15) is 0 Å². The zero-order valence-electron chi connectivity index (χ0n) is 8.29. The first-order chi connectivity index (χ1) is 6.90. The van der Waals surface area contributed by atoms with Crippen LogP contribution in [0.15, 0.2) is 24.4 Å². The molecule has 0 saturated heterocycles. The Morgan fingerprint density at radius 2 is 2.29 bits per heavy atom. The number of benzene rings is 1. The van der Waals surface area contributed by atoms with E-state index in [1.807, 2.05) is 0 Å². The van der Waals surface area contributed by atoms with Crippen LogP contribution in [-0.4, -0.2) is 11.2 Å². The average molecular weight is 187 g/mol. The van der Waals surface area contributed by atoms with Crippen molar-refractivity contribution in [2.24, 2.45) is 0 Å². The molecule has 0 unspecified atom stereocenters. The van der Waals surface area contributed by atoms with Crippen LogP contribution in [0, 0.1) is 0 Å². The SMILES string of the molecule is CCc1ccc2c3c1ccn3CCO2. The van der Waals surface area contributed by atoms with Gasteiger partial charge in [0.1, 0.15) is 12.4 Å². The molecule has 1 aliphatic heterocycles. The summed E-state index contributed by atoms with van der Waals surface area (Å²) in [6, 6.07) is 6.47. The Balaban J connectivity index is 2.40. The molecule has 2 nitrogen and oxygen atoms in total. The molecule has 2 heterocycles. The Morgan fingerprint density at radius 3 is 3.14 bits per heavy atom. The van der Waals surface area contributed by atoms with E-state index in [0.717, 1.165) is 25.3 Å². The molecule has 72 valence electrons. The van der Waals surface area contributed by atoms with Gasteiger partial charge in [0, 0.05) is 11.6 Å². The van der Waals surface area contributed by atoms with E-state index in [1.165, 1.54) is 16.5 Å². The molecule has 0 bridgehead atoms. The summed E-state index contributed by atoms with van der Waals surface area (Å²) in [5.41, 5.74) is 2.68. The Bertz CT molecular complexity index is 484. The van der Waals surface area contributed by atoms with Crippen molar-refractivity contribution in [2.45, 2.75) is 19.9 Å². The van der Waals surface area contributed by atoms with Gasteiger partial charge < -0.3 is 9.30 Å². The zero-order valence-corrected chi connectivity index (χ0v) is 8.29. The predicted octanol–water partition coefficient (Wildman–Crippen LogP) is 2.60. The van der Waals surface area contributed by atoms with Gasteiger partial charge in [-0.1, -0.05) is 13.0 Å². The molecule has 3 rings (SSSR count). The highest BCUT2D eigenvalue weighted by Gasteiger charge is 2.14. The van der Waals surface area contributed by atoms with E-state index in [1.54, 1.807) is 0 Å². The molecule has 1 aromatic heterocycles. The van der Waals surface area contributed by atoms with Gasteiger partial charge in [0.05, 0.1) is 12.1 Å². The molecule has 0 saturated carbocycles. The minimum absolute atomic E-state index is 0.794. The maximum atomic E-state index is 5.63. The highest BCUT2D eigenvalue weighted by molar-refractivity contribution is 5.89. The molecule has 0 fully saturated rings. The molecular formula is C12H13NO. The average Bonchev–Trinajstić information content (AvgIpc) is 2.66. The largest absolute Gasteiger partial charge is 0.490 e. The first-order valence-electron chi connectivity index (χ1n) is 5.13. The monoisotopic (exact) mass is 187 g/mol. The number of hydrogen-bond donors (Lipinski definition) is 0. The second kappa shape index (κ2) is 2.77. The minimum Gasteiger partial charge on any atom is -0.490 e. The summed E-state index contributed by atoms with van der Waals surface area (Å²) in [4.78, 5) is 0. The molecule has 0 aliphatic carbocycles. The van der Waals surface area contributed by atoms with Crippen LogP contribution in [0.1, 0.15) is 12.5 Å². The van der Waals surface area contributed by atoms with Gasteiger partial charge in [0.25, 0.3) is 0 Å². The fraction of sp³-hybridized carbons (Fsp3) is 0.333. The first-order valence-corrected chi connectivity index (χ1v) is 5.13. The van der Waals surface area contributed by atoms with Crippen LogP contribution in [0.25, 0.3) is 10.9 Å². The van der Waals surface area contributed by atoms with Crippen LogP contribution in [0.3, 0.4) is 0 Å². The van der Waals surface area contributed by atoms with E-state index >= 15 is 0 Å². The topological polar surface area (TPSA) is 14.2 Å². The number of hydrogen-bond acceptors (Lipinski definition) is 1. The molecule has 2 heteroatoms. The number of ether oxygens (including phenoxy) is 1. The lowest BCUT2D eigenvalue weighted by Gasteiger charge is -2.17. The van der Waals surface area contributed by atoms with Crippen LogP contribution in [0.4, 0.5) is 0 Å². The molecule has 0 radical (unpaired) electrons. The molecule has 1 aliphatic rings. The second-order valence-corrected chi connectivity index (χ2v) is 3.70. The summed E-state index contributed by atoms with van der Waals surface area (Å²) >= 11 is 0. The van der Waals surface area contributed by atoms with Crippen LogP contribution in [-0.2, 0) is 13.0 Å². The van der Waals surface area contributed by atoms with Gasteiger partial charge in [-0.15, -0.1) is 0 Å². The van der Waals surface area contributed by atoms with E-state index in [2.05, 4.69) is 35.9 Å². The van der Waals surface area contributed by atoms with Crippen molar-refractivity contribution in [1.29, 1.82) is 0 Å². The van der Waals surface area contributed by atoms with E-state index in [9.17, 15) is 0 Å². The summed E-state index contributed by atoms with van der Waals surface area (Å²) in [6.07, 6.45) is 3.25. The third kappa shape index (κ3) is 0.910. The molecular weight excluding hydrogens is 174 g/mol. The van der Waals surface area contributed by atoms with Crippen LogP contribution < -0.4 is 4.74 Å². The standard InChI is InChI=1S/C12H13NO/c1-2-9-3-4-11-12-10(9)5-6-13(12)7-8-14-11/h3-6H,2,7-8H2,1H3. The first kappa shape index (κ1) is 7.92. The third-order valence-corrected chi connectivity index (χ3v) is 2.95. The highest BCUT2D eigenvalue weighted by Crippen LogP contribution is 2.32. The molecule has 0 amide bonds. The van der Waals surface area contributed by atoms with E-state index < -0.39 is 0 Å². The summed E-state index contributed by atoms with van der Waals surface area (Å²) in [7, 11) is 0. The molecule has 0 N–H and O–H groups in total. The lowest BCUT2D eigenvalue weighted by Crippen LogP contribution is -2.13. The Labute approximate surface area is 83.1 Å². The van der Waals surface area contributed by atoms with Gasteiger partial charge in [-0.25, -0.2) is 0 Å². The summed E-state index contributed by atoms with van der Waals surface area (Å²) < 4.78 is 7.92. The van der Waals surface area contributed by atoms with Crippen LogP contribution in [0.5, 0.6) is 5.75 Å². The van der Waals surface area contributed by atoms with Crippen molar-refractivity contribution in [2.75, 3.05) is 6.61 Å². The summed E-state index contributed by atoms with van der Waals surface area (Å²) in [6.45, 7) is 3.96. The zero-order chi connectivity index (χ0) is 9.54. The highest BCUT2D eigenvalue weighted by atomic mass is 16.5. The Morgan fingerprint density at radius 1 is 1.36 bits per heavy atom. The van der Waals surface area contributed by atoms with Crippen molar-refractivity contribution in [3.8, 4) is 5.75 Å². The maximum Gasteiger partial charge on any atom is 0.143 e. The van der Waals surface area contributed by atoms with E-state index in [4.69, 9.17) is 4.74 Å². The second-order valence-electron chi connectivity index (χ2n) is 3.70. The van der Waals surface area contributed by atoms with Gasteiger partial charge >= 0.3 is 0 Å². The molecule has 0 spiro atoms. The molecule has 2 aromatic rings. The predicted molar refractivity (Wildman–Crippen MR) is 56.8 cm³/mol. The van der Waals surface area contributed by atoms with Gasteiger partial charge in [-0.3, -0.25) is 0 Å². The fourth-order valence-electron chi connectivity index (χ4n) is 2.22. The molecule has 14 heavy (non-hydrogen) atoms. The van der Waals surface area contributed by atoms with Gasteiger partial charge in [0.2, 0.25) is 0 Å². The number of rotatable bonds is 1. The van der Waals surface area contributed by atoms with Crippen LogP contribution >= 0.6 is 0 Å². The van der Waals surface area contributed by atoms with E-state index in [0.29, 0.717) is 0 Å². The smallest absolute Gasteiger partial charge is 0.143 e. The van der Waals surface area contributed by atoms with Crippen molar-refractivity contribution in [1.82, 2.24) is 4.57 Å². The van der Waals surface area contributed by atoms with Gasteiger partial charge in [0.15, 0.2) is 0 Å². The Hall–Kier alpha value is -1.44. The summed E-state index contributed by atoms with van der Waals surface area (Å²) in [5.74, 6) is 1.04. The molecule has 0 atom stereocenters. The minimum atomic E-state index is 0.794. The molecule has 1 aromatic carbocycles. The number of nitrogens with zero attached hydrogens (tertiary/aromatic N) is 1. The van der Waals surface area contributed by atoms with Crippen LogP contribution in [0.2, 0.25) is 0 Å². The number of aryl methyl sites for hydroxylation is 1. The van der Waals surface area contributed by atoms with Crippen molar-refractivity contribution in [3.05, 3.63) is 30.0 Å². The maximum absolute atomic E-state index is 5.63. The van der Waals surface area contributed by atoms with Gasteiger partial charge in [-0.05, 0) is 24.1 Å². The van der Waals surface area contributed by atoms with Crippen molar-refractivity contribution in [3.63, 3.8) is 0 Å². The quantitative estimate of drug-likeness (QED) is 0.669. The van der Waals surface area contributed by atoms with Crippen molar-refractivity contribution < 1.29 is 4.74 Å². The summed E-state index contributed by atoms with van der Waals surface area (Å²) in [5, 5.41) is 1.35. The number of aromatic nitrogens is 1. The lowest BCUT2D eigenvalue weighted by molar-refractivity contribution is 0.287. The lowest BCUT2D eigenvalue weighted by atomic mass is 10.1. The van der Waals surface area contributed by atoms with E-state index in [-0.39, 0.29) is 0 Å².